The van der Waals surface area contributed by atoms with Crippen molar-refractivity contribution in [1.82, 2.24) is 20.5 Å². The summed E-state index contributed by atoms with van der Waals surface area (Å²) in [6, 6.07) is 22.1. The van der Waals surface area contributed by atoms with Crippen LogP contribution in [0.3, 0.4) is 0 Å². The Labute approximate surface area is 309 Å². The molecule has 1 saturated heterocycles. The van der Waals surface area contributed by atoms with Crippen molar-refractivity contribution in [2.45, 2.75) is 76.0 Å². The number of sulfone groups is 1. The van der Waals surface area contributed by atoms with Crippen molar-refractivity contribution in [3.63, 3.8) is 0 Å². The van der Waals surface area contributed by atoms with E-state index in [1.165, 1.54) is 17.0 Å². The normalized spacial score (nSPS) is 15.6. The molecule has 3 atom stereocenters. The van der Waals surface area contributed by atoms with Crippen molar-refractivity contribution in [2.24, 2.45) is 5.92 Å². The maximum absolute atomic E-state index is 14.1. The number of aromatic nitrogens is 1. The SMILES string of the molecule is CC(C)(C)OC(=O)N1CCC(C(=O)N[C@@H](CS(=O)(=O)Cc2ccccc2C#N)C(=O)N[C@@H](CCc2ccccc2)C(O)c2nc3ccccc3o2)CC1. The number of aryl methyl sites for hydroxylation is 1. The smallest absolute Gasteiger partial charge is 0.410 e. The van der Waals surface area contributed by atoms with Crippen molar-refractivity contribution in [1.29, 1.82) is 5.26 Å². The molecule has 2 heterocycles. The molecule has 280 valence electrons. The van der Waals surface area contributed by atoms with Gasteiger partial charge in [0.25, 0.3) is 0 Å². The van der Waals surface area contributed by atoms with Gasteiger partial charge in [-0.05, 0) is 75.8 Å². The molecule has 0 radical (unpaired) electrons. The number of aliphatic hydroxyl groups excluding tert-OH is 1. The minimum atomic E-state index is -4.10. The minimum absolute atomic E-state index is 0.0253. The highest BCUT2D eigenvalue weighted by molar-refractivity contribution is 7.90. The van der Waals surface area contributed by atoms with E-state index in [2.05, 4.69) is 15.6 Å². The molecule has 1 unspecified atom stereocenters. The Morgan fingerprint density at radius 1 is 1.00 bits per heavy atom. The summed E-state index contributed by atoms with van der Waals surface area (Å²) in [5.41, 5.74) is 1.67. The van der Waals surface area contributed by atoms with Crippen LogP contribution in [-0.4, -0.2) is 77.8 Å². The summed E-state index contributed by atoms with van der Waals surface area (Å²) in [6.07, 6.45) is -0.684. The first-order chi connectivity index (χ1) is 25.2. The number of likely N-dealkylation sites (tertiary alicyclic amines) is 1. The molecule has 53 heavy (non-hydrogen) atoms. The first-order valence-electron chi connectivity index (χ1n) is 17.6. The second kappa shape index (κ2) is 17.0. The number of nitriles is 1. The molecule has 3 aromatic carbocycles. The topological polar surface area (TPSA) is 192 Å². The molecule has 13 nitrogen and oxygen atoms in total. The fourth-order valence-corrected chi connectivity index (χ4v) is 7.76. The number of nitrogens with one attached hydrogen (secondary N) is 2. The third-order valence-electron chi connectivity index (χ3n) is 8.94. The van der Waals surface area contributed by atoms with Gasteiger partial charge in [-0.25, -0.2) is 18.2 Å². The van der Waals surface area contributed by atoms with Gasteiger partial charge in [-0.2, -0.15) is 5.26 Å². The van der Waals surface area contributed by atoms with Crippen LogP contribution in [0.4, 0.5) is 4.79 Å². The number of hydrogen-bond acceptors (Lipinski definition) is 10. The molecule has 1 fully saturated rings. The Morgan fingerprint density at radius 3 is 2.34 bits per heavy atom. The molecular weight excluding hydrogens is 699 g/mol. The van der Waals surface area contributed by atoms with E-state index in [1.54, 1.807) is 57.2 Å². The number of benzene rings is 3. The Hall–Kier alpha value is -5.26. The van der Waals surface area contributed by atoms with Crippen molar-refractivity contribution < 1.29 is 37.1 Å². The van der Waals surface area contributed by atoms with Crippen LogP contribution in [0.25, 0.3) is 11.1 Å². The number of aliphatic hydroxyl groups is 1. The van der Waals surface area contributed by atoms with Gasteiger partial charge < -0.3 is 29.8 Å². The van der Waals surface area contributed by atoms with Gasteiger partial charge in [0.2, 0.25) is 17.7 Å². The van der Waals surface area contributed by atoms with Crippen LogP contribution in [0.15, 0.2) is 83.3 Å². The highest BCUT2D eigenvalue weighted by Gasteiger charge is 2.36. The number of ether oxygens (including phenoxy) is 1. The zero-order chi connectivity index (χ0) is 38.2. The van der Waals surface area contributed by atoms with E-state index in [4.69, 9.17) is 9.15 Å². The van der Waals surface area contributed by atoms with E-state index in [0.29, 0.717) is 17.5 Å². The lowest BCUT2D eigenvalue weighted by Crippen LogP contribution is -2.55. The van der Waals surface area contributed by atoms with Gasteiger partial charge in [-0.1, -0.05) is 60.7 Å². The first kappa shape index (κ1) is 39.0. The van der Waals surface area contributed by atoms with Crippen molar-refractivity contribution in [3.8, 4) is 6.07 Å². The monoisotopic (exact) mass is 743 g/mol. The zero-order valence-corrected chi connectivity index (χ0v) is 30.8. The number of rotatable bonds is 13. The maximum Gasteiger partial charge on any atom is 0.410 e. The number of piperidine rings is 1. The van der Waals surface area contributed by atoms with Crippen LogP contribution in [0.2, 0.25) is 0 Å². The number of nitrogens with zero attached hydrogens (tertiary/aromatic N) is 3. The molecule has 0 saturated carbocycles. The van der Waals surface area contributed by atoms with Crippen LogP contribution in [-0.2, 0) is 36.3 Å². The number of carbonyl (C=O) groups is 3. The molecule has 0 aliphatic carbocycles. The second-order valence-electron chi connectivity index (χ2n) is 14.2. The number of para-hydroxylation sites is 2. The minimum Gasteiger partial charge on any atom is -0.444 e. The molecule has 4 aromatic rings. The van der Waals surface area contributed by atoms with E-state index < -0.39 is 69.0 Å². The molecule has 0 spiro atoms. The van der Waals surface area contributed by atoms with Gasteiger partial charge in [-0.15, -0.1) is 0 Å². The van der Waals surface area contributed by atoms with E-state index in [1.807, 2.05) is 36.4 Å². The van der Waals surface area contributed by atoms with Gasteiger partial charge in [0.15, 0.2) is 21.5 Å². The summed E-state index contributed by atoms with van der Waals surface area (Å²) in [5, 5.41) is 26.6. The Bertz CT molecular complexity index is 2010. The maximum atomic E-state index is 14.1. The highest BCUT2D eigenvalue weighted by Crippen LogP contribution is 2.25. The van der Waals surface area contributed by atoms with Crippen molar-refractivity contribution >= 4 is 38.8 Å². The summed E-state index contributed by atoms with van der Waals surface area (Å²) in [6.45, 7) is 5.78. The average Bonchev–Trinajstić information content (AvgIpc) is 3.57. The van der Waals surface area contributed by atoms with Gasteiger partial charge in [0, 0.05) is 19.0 Å². The summed E-state index contributed by atoms with van der Waals surface area (Å²) >= 11 is 0. The summed E-state index contributed by atoms with van der Waals surface area (Å²) in [4.78, 5) is 46.3. The summed E-state index contributed by atoms with van der Waals surface area (Å²) in [7, 11) is -4.10. The number of carbonyl (C=O) groups excluding carboxylic acids is 3. The van der Waals surface area contributed by atoms with Crippen LogP contribution >= 0.6 is 0 Å². The Kier molecular flexibility index (Phi) is 12.5. The lowest BCUT2D eigenvalue weighted by molar-refractivity contribution is -0.132. The van der Waals surface area contributed by atoms with E-state index in [9.17, 15) is 33.2 Å². The quantitative estimate of drug-likeness (QED) is 0.174. The standard InChI is InChI=1S/C39H45N5O8S/c1-39(2,3)52-38(48)44-21-19-27(20-22-44)35(46)42-32(25-53(49,50)24-29-14-8-7-13-28(29)23-40)36(47)41-31(18-17-26-11-5-4-6-12-26)34(45)37-43-30-15-9-10-16-33(30)51-37/h4-16,27,31-32,34,45H,17-22,24-25H2,1-3H3,(H,41,47)(H,42,46)/t31-,32-,34?/m0/s1. The molecule has 3 N–H and O–H groups in total. The van der Waals surface area contributed by atoms with E-state index >= 15 is 0 Å². The highest BCUT2D eigenvalue weighted by atomic mass is 32.2. The predicted molar refractivity (Wildman–Crippen MR) is 197 cm³/mol. The lowest BCUT2D eigenvalue weighted by atomic mass is 9.95. The number of fused-ring (bicyclic) bond motifs is 1. The van der Waals surface area contributed by atoms with Gasteiger partial charge in [0.1, 0.15) is 17.2 Å². The molecule has 1 aliphatic rings. The van der Waals surface area contributed by atoms with Crippen LogP contribution < -0.4 is 10.6 Å². The van der Waals surface area contributed by atoms with Crippen molar-refractivity contribution in [2.75, 3.05) is 18.8 Å². The Morgan fingerprint density at radius 2 is 1.66 bits per heavy atom. The molecule has 14 heteroatoms. The summed E-state index contributed by atoms with van der Waals surface area (Å²) in [5.74, 6) is -3.30. The van der Waals surface area contributed by atoms with E-state index in [0.717, 1.165) is 5.56 Å². The third-order valence-corrected chi connectivity index (χ3v) is 10.5. The number of hydrogen-bond donors (Lipinski definition) is 3. The van der Waals surface area contributed by atoms with Gasteiger partial charge >= 0.3 is 6.09 Å². The fourth-order valence-electron chi connectivity index (χ4n) is 6.18. The molecule has 0 bridgehead atoms. The molecule has 3 amide bonds. The van der Waals surface area contributed by atoms with Crippen LogP contribution in [0.1, 0.15) is 68.7 Å². The molecular formula is C39H45N5O8S. The predicted octanol–water partition coefficient (Wildman–Crippen LogP) is 4.60. The molecule has 5 rings (SSSR count). The lowest BCUT2D eigenvalue weighted by Gasteiger charge is -2.33. The zero-order valence-electron chi connectivity index (χ0n) is 30.0. The van der Waals surface area contributed by atoms with Gasteiger partial charge in [0.05, 0.1) is 29.2 Å². The van der Waals surface area contributed by atoms with E-state index in [-0.39, 0.29) is 49.4 Å². The third kappa shape index (κ3) is 10.9. The fraction of sp³-hybridized carbons (Fsp3) is 0.410. The van der Waals surface area contributed by atoms with Crippen molar-refractivity contribution in [3.05, 3.63) is 101 Å². The van der Waals surface area contributed by atoms with Crippen LogP contribution in [0, 0.1) is 17.2 Å². The molecule has 1 aromatic heterocycles. The van der Waals surface area contributed by atoms with Gasteiger partial charge in [-0.3, -0.25) is 9.59 Å². The number of amides is 3. The second-order valence-corrected chi connectivity index (χ2v) is 16.3. The Balaban J connectivity index is 1.37. The summed E-state index contributed by atoms with van der Waals surface area (Å²) < 4.78 is 38.6. The largest absolute Gasteiger partial charge is 0.444 e. The number of oxazole rings is 1. The molecule has 1 aliphatic heterocycles. The average molecular weight is 744 g/mol. The first-order valence-corrected chi connectivity index (χ1v) is 19.4. The van der Waals surface area contributed by atoms with Crippen LogP contribution in [0.5, 0.6) is 0 Å².